The Bertz CT molecular complexity index is 750. The summed E-state index contributed by atoms with van der Waals surface area (Å²) >= 11 is 0. The molecule has 8 nitrogen and oxygen atoms in total. The Kier molecular flexibility index (Phi) is 5.90. The standard InChI is InChI=1S/C15H19N2O6P/c1-3-22-24(21,23-4-2)15(18)14-9-6-10-16(14)12-7-5-8-13(11-12)17(19)20/h5-11,15,18H,3-4H2,1-2H3. The molecule has 0 amide bonds. The van der Waals surface area contributed by atoms with Gasteiger partial charge in [-0.2, -0.15) is 0 Å². The predicted octanol–water partition coefficient (Wildman–Crippen LogP) is 3.64. The van der Waals surface area contributed by atoms with Crippen LogP contribution in [0.5, 0.6) is 0 Å². The highest BCUT2D eigenvalue weighted by molar-refractivity contribution is 7.54. The highest BCUT2D eigenvalue weighted by atomic mass is 31.2. The summed E-state index contributed by atoms with van der Waals surface area (Å²) in [4.78, 5) is 10.4. The number of benzene rings is 1. The average Bonchev–Trinajstić information content (AvgIpc) is 3.04. The lowest BCUT2D eigenvalue weighted by Gasteiger charge is -2.23. The Morgan fingerprint density at radius 1 is 1.25 bits per heavy atom. The van der Waals surface area contributed by atoms with Crippen molar-refractivity contribution in [2.75, 3.05) is 13.2 Å². The van der Waals surface area contributed by atoms with Crippen LogP contribution in [0.25, 0.3) is 5.69 Å². The summed E-state index contributed by atoms with van der Waals surface area (Å²) in [6, 6.07) is 9.12. The second-order valence-corrected chi connectivity index (χ2v) is 6.91. The largest absolute Gasteiger partial charge is 0.375 e. The van der Waals surface area contributed by atoms with E-state index in [9.17, 15) is 19.8 Å². The molecule has 1 aromatic carbocycles. The van der Waals surface area contributed by atoms with Crippen molar-refractivity contribution >= 4 is 13.3 Å². The number of nitro benzene ring substituents is 1. The molecule has 0 saturated heterocycles. The summed E-state index contributed by atoms with van der Waals surface area (Å²) < 4.78 is 24.6. The molecule has 0 spiro atoms. The third kappa shape index (κ3) is 3.73. The van der Waals surface area contributed by atoms with Crippen LogP contribution in [0.3, 0.4) is 0 Å². The molecule has 0 aliphatic heterocycles. The molecular formula is C15H19N2O6P. The first-order valence-corrected chi connectivity index (χ1v) is 9.03. The molecule has 0 fully saturated rings. The smallest absolute Gasteiger partial charge is 0.364 e. The van der Waals surface area contributed by atoms with Crippen LogP contribution < -0.4 is 0 Å². The van der Waals surface area contributed by atoms with E-state index in [-0.39, 0.29) is 24.6 Å². The van der Waals surface area contributed by atoms with Crippen LogP contribution in [0.15, 0.2) is 42.6 Å². The maximum atomic E-state index is 12.8. The number of aliphatic hydroxyl groups is 1. The van der Waals surface area contributed by atoms with Gasteiger partial charge >= 0.3 is 7.60 Å². The first-order chi connectivity index (χ1) is 11.4. The van der Waals surface area contributed by atoms with Crippen molar-refractivity contribution in [2.45, 2.75) is 19.7 Å². The second kappa shape index (κ2) is 7.72. The number of aliphatic hydroxyl groups excluding tert-OH is 1. The van der Waals surface area contributed by atoms with Crippen molar-refractivity contribution in [3.63, 3.8) is 0 Å². The Hall–Kier alpha value is -1.99. The lowest BCUT2D eigenvalue weighted by atomic mass is 10.2. The van der Waals surface area contributed by atoms with E-state index in [2.05, 4.69) is 0 Å². The number of rotatable bonds is 8. The van der Waals surface area contributed by atoms with E-state index in [1.807, 2.05) is 0 Å². The van der Waals surface area contributed by atoms with Gasteiger partial charge in [0.25, 0.3) is 5.69 Å². The quantitative estimate of drug-likeness (QED) is 0.441. The molecular weight excluding hydrogens is 335 g/mol. The third-order valence-corrected chi connectivity index (χ3v) is 5.38. The van der Waals surface area contributed by atoms with Crippen LogP contribution in [0.4, 0.5) is 5.69 Å². The zero-order valence-corrected chi connectivity index (χ0v) is 14.3. The van der Waals surface area contributed by atoms with E-state index in [1.165, 1.54) is 22.8 Å². The summed E-state index contributed by atoms with van der Waals surface area (Å²) in [5, 5.41) is 21.5. The average molecular weight is 354 g/mol. The minimum Gasteiger partial charge on any atom is -0.375 e. The van der Waals surface area contributed by atoms with Gasteiger partial charge in [0, 0.05) is 18.3 Å². The topological polar surface area (TPSA) is 104 Å². The highest BCUT2D eigenvalue weighted by Crippen LogP contribution is 2.59. The van der Waals surface area contributed by atoms with Gasteiger partial charge in [-0.1, -0.05) is 6.07 Å². The van der Waals surface area contributed by atoms with Gasteiger partial charge in [0.2, 0.25) is 0 Å². The molecule has 130 valence electrons. The van der Waals surface area contributed by atoms with Crippen molar-refractivity contribution in [1.82, 2.24) is 4.57 Å². The molecule has 0 bridgehead atoms. The van der Waals surface area contributed by atoms with E-state index < -0.39 is 18.4 Å². The second-order valence-electron chi connectivity index (χ2n) is 4.83. The van der Waals surface area contributed by atoms with E-state index in [0.29, 0.717) is 5.69 Å². The molecule has 1 aromatic heterocycles. The van der Waals surface area contributed by atoms with Gasteiger partial charge in [-0.25, -0.2) is 0 Å². The fourth-order valence-corrected chi connectivity index (χ4v) is 3.91. The van der Waals surface area contributed by atoms with Gasteiger partial charge in [0.1, 0.15) is 0 Å². The Balaban J connectivity index is 2.44. The van der Waals surface area contributed by atoms with Crippen molar-refractivity contribution in [3.8, 4) is 5.69 Å². The summed E-state index contributed by atoms with van der Waals surface area (Å²) in [6.07, 6.45) is 1.61. The van der Waals surface area contributed by atoms with Gasteiger partial charge in [-0.05, 0) is 32.0 Å². The van der Waals surface area contributed by atoms with Crippen LogP contribution in [-0.2, 0) is 13.6 Å². The van der Waals surface area contributed by atoms with E-state index in [1.54, 1.807) is 38.2 Å². The van der Waals surface area contributed by atoms with Gasteiger partial charge < -0.3 is 18.7 Å². The summed E-state index contributed by atoms with van der Waals surface area (Å²) in [6.45, 7) is 3.54. The molecule has 1 N–H and O–H groups in total. The number of hydrogen-bond acceptors (Lipinski definition) is 6. The fourth-order valence-electron chi connectivity index (χ4n) is 2.30. The van der Waals surface area contributed by atoms with E-state index in [4.69, 9.17) is 9.05 Å². The first kappa shape index (κ1) is 18.4. The van der Waals surface area contributed by atoms with E-state index >= 15 is 0 Å². The molecule has 0 aliphatic carbocycles. The number of nitrogens with zero attached hydrogens (tertiary/aromatic N) is 2. The van der Waals surface area contributed by atoms with Gasteiger partial charge in [-0.15, -0.1) is 0 Å². The number of nitro groups is 1. The number of aromatic nitrogens is 1. The maximum absolute atomic E-state index is 12.8. The van der Waals surface area contributed by atoms with Gasteiger partial charge in [0.05, 0.1) is 29.5 Å². The molecule has 0 radical (unpaired) electrons. The van der Waals surface area contributed by atoms with E-state index in [0.717, 1.165) is 0 Å². The number of non-ortho nitro benzene ring substituents is 1. The van der Waals surface area contributed by atoms with Crippen LogP contribution in [-0.4, -0.2) is 27.8 Å². The summed E-state index contributed by atoms with van der Waals surface area (Å²) in [5.74, 6) is -1.51. The molecule has 0 aliphatic rings. The maximum Gasteiger partial charge on any atom is 0.364 e. The van der Waals surface area contributed by atoms with Crippen molar-refractivity contribution in [1.29, 1.82) is 0 Å². The first-order valence-electron chi connectivity index (χ1n) is 7.42. The minimum absolute atomic E-state index is 0.0839. The normalized spacial score (nSPS) is 13.0. The molecule has 1 atom stereocenters. The minimum atomic E-state index is -3.78. The Morgan fingerprint density at radius 3 is 2.50 bits per heavy atom. The lowest BCUT2D eigenvalue weighted by Crippen LogP contribution is -2.10. The molecule has 2 rings (SSSR count). The summed E-state index contributed by atoms with van der Waals surface area (Å²) in [5.41, 5.74) is 0.642. The van der Waals surface area contributed by atoms with Gasteiger partial charge in [0.15, 0.2) is 5.85 Å². The van der Waals surface area contributed by atoms with Gasteiger partial charge in [-0.3, -0.25) is 14.7 Å². The molecule has 9 heteroatoms. The lowest BCUT2D eigenvalue weighted by molar-refractivity contribution is -0.384. The van der Waals surface area contributed by atoms with Crippen LogP contribution in [0.1, 0.15) is 25.4 Å². The monoisotopic (exact) mass is 354 g/mol. The molecule has 24 heavy (non-hydrogen) atoms. The van der Waals surface area contributed by atoms with Crippen molar-refractivity contribution in [3.05, 3.63) is 58.4 Å². The molecule has 1 unspecified atom stereocenters. The molecule has 0 saturated carbocycles. The van der Waals surface area contributed by atoms with Crippen LogP contribution >= 0.6 is 7.60 Å². The SMILES string of the molecule is CCOP(=O)(OCC)C(O)c1cccn1-c1cccc([N+](=O)[O-])c1. The molecule has 1 heterocycles. The van der Waals surface area contributed by atoms with Crippen molar-refractivity contribution in [2.24, 2.45) is 0 Å². The molecule has 2 aromatic rings. The highest BCUT2D eigenvalue weighted by Gasteiger charge is 2.37. The zero-order valence-electron chi connectivity index (χ0n) is 13.4. The fraction of sp³-hybridized carbons (Fsp3) is 0.333. The number of hydrogen-bond donors (Lipinski definition) is 1. The third-order valence-electron chi connectivity index (χ3n) is 3.28. The summed E-state index contributed by atoms with van der Waals surface area (Å²) in [7, 11) is -3.78. The Labute approximate surface area is 139 Å². The zero-order chi connectivity index (χ0) is 17.7. The van der Waals surface area contributed by atoms with Crippen molar-refractivity contribution < 1.29 is 23.6 Å². The Morgan fingerprint density at radius 2 is 1.92 bits per heavy atom. The van der Waals surface area contributed by atoms with Crippen LogP contribution in [0.2, 0.25) is 0 Å². The predicted molar refractivity (Wildman–Crippen MR) is 88.2 cm³/mol. The van der Waals surface area contributed by atoms with Crippen LogP contribution in [0, 0.1) is 10.1 Å².